The summed E-state index contributed by atoms with van der Waals surface area (Å²) in [6, 6.07) is 5.09. The number of primary sulfonamides is 1. The molecule has 0 aliphatic carbocycles. The molecule has 0 spiro atoms. The molecule has 1 aromatic heterocycles. The fourth-order valence-electron chi connectivity index (χ4n) is 1.79. The molecule has 8 nitrogen and oxygen atoms in total. The Balaban J connectivity index is 2.65. The molecule has 0 bridgehead atoms. The van der Waals surface area contributed by atoms with E-state index in [0.29, 0.717) is 22.9 Å². The second kappa shape index (κ2) is 5.10. The molecule has 1 aromatic carbocycles. The lowest BCUT2D eigenvalue weighted by atomic mass is 10.1. The van der Waals surface area contributed by atoms with Crippen LogP contribution in [0.15, 0.2) is 23.4 Å². The molecule has 1 heterocycles. The molecule has 0 unspecified atom stereocenters. The summed E-state index contributed by atoms with van der Waals surface area (Å²) in [6.07, 6.45) is 0. The highest BCUT2D eigenvalue weighted by Gasteiger charge is 2.21. The van der Waals surface area contributed by atoms with Crippen LogP contribution in [0.3, 0.4) is 0 Å². The zero-order valence-corrected chi connectivity index (χ0v) is 12.0. The fraction of sp³-hybridized carbons (Fsp3) is 0.273. The minimum atomic E-state index is -3.94. The predicted octanol–water partition coefficient (Wildman–Crippen LogP) is 0.147. The number of nitrogens with two attached hydrogens (primary N) is 1. The normalized spacial score (nSPS) is 11.4. The molecule has 108 valence electrons. The molecule has 0 amide bonds. The first kappa shape index (κ1) is 14.3. The van der Waals surface area contributed by atoms with Crippen LogP contribution in [0.4, 0.5) is 0 Å². The van der Waals surface area contributed by atoms with Gasteiger partial charge in [-0.05, 0) is 18.2 Å². The molecule has 9 heteroatoms. The van der Waals surface area contributed by atoms with Crippen molar-refractivity contribution in [3.63, 3.8) is 0 Å². The molecule has 0 aliphatic rings. The summed E-state index contributed by atoms with van der Waals surface area (Å²) in [5, 5.41) is 12.2. The lowest BCUT2D eigenvalue weighted by Gasteiger charge is -2.10. The lowest BCUT2D eigenvalue weighted by Crippen LogP contribution is -2.17. The molecular formula is C11H14N4O4S. The first-order valence-electron chi connectivity index (χ1n) is 5.53. The second-order valence-electron chi connectivity index (χ2n) is 3.98. The number of hydrogen-bond donors (Lipinski definition) is 1. The van der Waals surface area contributed by atoms with Gasteiger partial charge in [0.2, 0.25) is 0 Å². The molecule has 0 fully saturated rings. The summed E-state index contributed by atoms with van der Waals surface area (Å²) in [4.78, 5) is 0. The quantitative estimate of drug-likeness (QED) is 0.860. The molecular weight excluding hydrogens is 284 g/mol. The Labute approximate surface area is 116 Å². The van der Waals surface area contributed by atoms with Crippen LogP contribution in [0.5, 0.6) is 11.5 Å². The van der Waals surface area contributed by atoms with Crippen LogP contribution in [0.25, 0.3) is 11.4 Å². The van der Waals surface area contributed by atoms with Crippen LogP contribution in [0, 0.1) is 0 Å². The van der Waals surface area contributed by atoms with Crippen LogP contribution in [0.1, 0.15) is 0 Å². The Morgan fingerprint density at radius 1 is 1.20 bits per heavy atom. The molecule has 0 atom stereocenters. The van der Waals surface area contributed by atoms with Crippen molar-refractivity contribution < 1.29 is 17.9 Å². The van der Waals surface area contributed by atoms with Gasteiger partial charge >= 0.3 is 0 Å². The van der Waals surface area contributed by atoms with Gasteiger partial charge in [0, 0.05) is 7.05 Å². The van der Waals surface area contributed by atoms with E-state index in [1.807, 2.05) is 0 Å². The summed E-state index contributed by atoms with van der Waals surface area (Å²) in [5.74, 6) is 1.41. The number of hydrogen-bond acceptors (Lipinski definition) is 6. The largest absolute Gasteiger partial charge is 0.497 e. The van der Waals surface area contributed by atoms with Crippen LogP contribution in [-0.2, 0) is 17.1 Å². The summed E-state index contributed by atoms with van der Waals surface area (Å²) in [5.41, 5.74) is 0.553. The van der Waals surface area contributed by atoms with Crippen molar-refractivity contribution >= 4 is 10.0 Å². The van der Waals surface area contributed by atoms with Gasteiger partial charge in [0.15, 0.2) is 5.82 Å². The maximum absolute atomic E-state index is 11.4. The SMILES string of the molecule is COc1ccc(OC)c(-c2nnc(S(N)(=O)=O)n2C)c1. The highest BCUT2D eigenvalue weighted by atomic mass is 32.2. The van der Waals surface area contributed by atoms with Gasteiger partial charge in [0.25, 0.3) is 15.2 Å². The Kier molecular flexibility index (Phi) is 3.64. The van der Waals surface area contributed by atoms with Gasteiger partial charge in [-0.3, -0.25) is 4.57 Å². The number of benzene rings is 1. The third-order valence-corrected chi connectivity index (χ3v) is 3.60. The predicted molar refractivity (Wildman–Crippen MR) is 70.9 cm³/mol. The van der Waals surface area contributed by atoms with E-state index in [2.05, 4.69) is 10.2 Å². The number of methoxy groups -OCH3 is 2. The number of ether oxygens (including phenoxy) is 2. The number of nitrogens with zero attached hydrogens (tertiary/aromatic N) is 3. The minimum Gasteiger partial charge on any atom is -0.497 e. The van der Waals surface area contributed by atoms with E-state index in [4.69, 9.17) is 14.6 Å². The molecule has 2 rings (SSSR count). The first-order valence-corrected chi connectivity index (χ1v) is 7.07. The second-order valence-corrected chi connectivity index (χ2v) is 5.43. The van der Waals surface area contributed by atoms with Gasteiger partial charge in [0.1, 0.15) is 11.5 Å². The Hall–Kier alpha value is -2.13. The average molecular weight is 298 g/mol. The van der Waals surface area contributed by atoms with Crippen molar-refractivity contribution in [1.82, 2.24) is 14.8 Å². The fourth-order valence-corrected chi connectivity index (χ4v) is 2.41. The molecule has 0 saturated carbocycles. The Bertz CT molecular complexity index is 739. The van der Waals surface area contributed by atoms with E-state index in [1.54, 1.807) is 18.2 Å². The summed E-state index contributed by atoms with van der Waals surface area (Å²) < 4.78 is 34.4. The molecule has 20 heavy (non-hydrogen) atoms. The smallest absolute Gasteiger partial charge is 0.273 e. The lowest BCUT2D eigenvalue weighted by molar-refractivity contribution is 0.404. The van der Waals surface area contributed by atoms with E-state index >= 15 is 0 Å². The van der Waals surface area contributed by atoms with Crippen molar-refractivity contribution in [2.24, 2.45) is 12.2 Å². The van der Waals surface area contributed by atoms with Gasteiger partial charge in [-0.1, -0.05) is 0 Å². The highest BCUT2D eigenvalue weighted by Crippen LogP contribution is 2.32. The minimum absolute atomic E-state index is 0.310. The van der Waals surface area contributed by atoms with Gasteiger partial charge in [-0.15, -0.1) is 10.2 Å². The van der Waals surface area contributed by atoms with Crippen molar-refractivity contribution in [3.05, 3.63) is 18.2 Å². The van der Waals surface area contributed by atoms with Gasteiger partial charge in [-0.25, -0.2) is 13.6 Å². The van der Waals surface area contributed by atoms with Crippen LogP contribution in [0.2, 0.25) is 0 Å². The number of sulfonamides is 1. The maximum atomic E-state index is 11.4. The summed E-state index contributed by atoms with van der Waals surface area (Å²) >= 11 is 0. The first-order chi connectivity index (χ1) is 9.38. The van der Waals surface area contributed by atoms with Gasteiger partial charge in [-0.2, -0.15) is 0 Å². The Morgan fingerprint density at radius 2 is 1.90 bits per heavy atom. The van der Waals surface area contributed by atoms with E-state index in [-0.39, 0.29) is 5.16 Å². The van der Waals surface area contributed by atoms with Crippen molar-refractivity contribution in [2.75, 3.05) is 14.2 Å². The average Bonchev–Trinajstić information content (AvgIpc) is 2.79. The topological polar surface area (TPSA) is 109 Å². The molecule has 0 aliphatic heterocycles. The highest BCUT2D eigenvalue weighted by molar-refractivity contribution is 7.89. The van der Waals surface area contributed by atoms with E-state index in [9.17, 15) is 8.42 Å². The van der Waals surface area contributed by atoms with Crippen LogP contribution < -0.4 is 14.6 Å². The van der Waals surface area contributed by atoms with Crippen molar-refractivity contribution in [3.8, 4) is 22.9 Å². The van der Waals surface area contributed by atoms with E-state index in [0.717, 1.165) is 0 Å². The van der Waals surface area contributed by atoms with Crippen molar-refractivity contribution in [2.45, 2.75) is 5.16 Å². The number of rotatable bonds is 4. The molecule has 2 aromatic rings. The third-order valence-electron chi connectivity index (χ3n) is 2.74. The van der Waals surface area contributed by atoms with Gasteiger partial charge in [0.05, 0.1) is 19.8 Å². The molecule has 0 saturated heterocycles. The monoisotopic (exact) mass is 298 g/mol. The van der Waals surface area contributed by atoms with E-state index < -0.39 is 10.0 Å². The van der Waals surface area contributed by atoms with Crippen LogP contribution >= 0.6 is 0 Å². The zero-order valence-electron chi connectivity index (χ0n) is 11.2. The number of aromatic nitrogens is 3. The molecule has 0 radical (unpaired) electrons. The van der Waals surface area contributed by atoms with Gasteiger partial charge < -0.3 is 9.47 Å². The Morgan fingerprint density at radius 3 is 2.40 bits per heavy atom. The molecule has 2 N–H and O–H groups in total. The van der Waals surface area contributed by atoms with E-state index in [1.165, 1.54) is 25.8 Å². The summed E-state index contributed by atoms with van der Waals surface area (Å²) in [7, 11) is 0.597. The zero-order chi connectivity index (χ0) is 14.9. The van der Waals surface area contributed by atoms with Crippen molar-refractivity contribution in [1.29, 1.82) is 0 Å². The maximum Gasteiger partial charge on any atom is 0.273 e. The summed E-state index contributed by atoms with van der Waals surface area (Å²) in [6.45, 7) is 0. The standard InChI is InChI=1S/C11H14N4O4S/c1-15-10(13-14-11(15)20(12,16)17)8-6-7(18-2)4-5-9(8)19-3/h4-6H,1-3H3,(H2,12,16,17). The third kappa shape index (κ3) is 2.45. The van der Waals surface area contributed by atoms with Crippen LogP contribution in [-0.4, -0.2) is 37.4 Å².